The van der Waals surface area contributed by atoms with E-state index >= 15 is 0 Å². The van der Waals surface area contributed by atoms with Gasteiger partial charge in [0.05, 0.1) is 17.7 Å². The van der Waals surface area contributed by atoms with E-state index in [1.54, 1.807) is 10.7 Å². The minimum atomic E-state index is -4.36. The number of carbonyl (C=O) groups is 2. The summed E-state index contributed by atoms with van der Waals surface area (Å²) < 4.78 is 49.8. The van der Waals surface area contributed by atoms with Crippen molar-refractivity contribution >= 4 is 18.0 Å². The summed E-state index contributed by atoms with van der Waals surface area (Å²) in [7, 11) is 0. The van der Waals surface area contributed by atoms with Gasteiger partial charge in [0.25, 0.3) is 0 Å². The minimum Gasteiger partial charge on any atom is -0.446 e. The van der Waals surface area contributed by atoms with Crippen LogP contribution in [0.3, 0.4) is 0 Å². The lowest BCUT2D eigenvalue weighted by atomic mass is 10.0. The molecule has 1 saturated carbocycles. The minimum absolute atomic E-state index is 0.0279. The van der Waals surface area contributed by atoms with Crippen molar-refractivity contribution in [2.24, 2.45) is 0 Å². The molecule has 11 heteroatoms. The quantitative estimate of drug-likeness (QED) is 0.470. The van der Waals surface area contributed by atoms with Crippen molar-refractivity contribution in [2.75, 3.05) is 5.32 Å². The molecular weight excluding hydrogens is 477 g/mol. The Hall–Kier alpha value is -3.24. The average Bonchev–Trinajstić information content (AvgIpc) is 3.38. The van der Waals surface area contributed by atoms with E-state index in [1.165, 1.54) is 6.92 Å². The van der Waals surface area contributed by atoms with Crippen molar-refractivity contribution in [3.8, 4) is 0 Å². The van der Waals surface area contributed by atoms with Crippen molar-refractivity contribution in [1.82, 2.24) is 15.1 Å². The number of anilines is 1. The molecule has 8 nitrogen and oxygen atoms in total. The number of alkyl carbamates (subject to hydrolysis) is 1. The zero-order valence-electron chi connectivity index (χ0n) is 20.9. The van der Waals surface area contributed by atoms with Crippen LogP contribution >= 0.6 is 0 Å². The highest BCUT2D eigenvalue weighted by Gasteiger charge is 2.34. The lowest BCUT2D eigenvalue weighted by molar-refractivity contribution is -0.138. The summed E-state index contributed by atoms with van der Waals surface area (Å²) in [6, 6.07) is 10.0. The van der Waals surface area contributed by atoms with Crippen LogP contribution < -0.4 is 10.6 Å². The number of halogens is 3. The van der Waals surface area contributed by atoms with Gasteiger partial charge in [-0.15, -0.1) is 0 Å². The largest absolute Gasteiger partial charge is 0.446 e. The van der Waals surface area contributed by atoms with E-state index in [2.05, 4.69) is 10.6 Å². The molecule has 198 valence electrons. The smallest absolute Gasteiger partial charge is 0.413 e. The van der Waals surface area contributed by atoms with Crippen LogP contribution in [-0.4, -0.2) is 40.3 Å². The van der Waals surface area contributed by atoms with Gasteiger partial charge in [-0.2, -0.15) is 18.3 Å². The summed E-state index contributed by atoms with van der Waals surface area (Å²) in [5.41, 5.74) is 1.18. The van der Waals surface area contributed by atoms with E-state index in [0.29, 0.717) is 25.1 Å². The Morgan fingerprint density at radius 3 is 2.47 bits per heavy atom. The molecule has 1 aromatic heterocycles. The third-order valence-corrected chi connectivity index (χ3v) is 5.78. The highest BCUT2D eigenvalue weighted by Crippen LogP contribution is 2.37. The van der Waals surface area contributed by atoms with Crippen LogP contribution in [0.2, 0.25) is 0 Å². The second-order valence-corrected chi connectivity index (χ2v) is 10.1. The molecule has 0 aliphatic heterocycles. The van der Waals surface area contributed by atoms with Crippen molar-refractivity contribution in [3.63, 3.8) is 0 Å². The molecule has 36 heavy (non-hydrogen) atoms. The Morgan fingerprint density at radius 1 is 1.14 bits per heavy atom. The highest BCUT2D eigenvalue weighted by atomic mass is 19.4. The van der Waals surface area contributed by atoms with Crippen LogP contribution in [0.4, 0.5) is 28.6 Å². The summed E-state index contributed by atoms with van der Waals surface area (Å²) in [6.45, 7) is 7.28. The Bertz CT molecular complexity index is 1030. The summed E-state index contributed by atoms with van der Waals surface area (Å²) in [5.74, 6) is 0.457. The predicted octanol–water partition coefficient (Wildman–Crippen LogP) is 6.09. The van der Waals surface area contributed by atoms with E-state index in [-0.39, 0.29) is 12.5 Å². The SMILES string of the molecule is CC(CC(F)(F)F)NC(=O)O[C@@H]1CC[C@H](c2cc(NC(=O)OCc3ccccc3)n(C(C)(C)C)n2)C1. The topological polar surface area (TPSA) is 94.5 Å². The summed E-state index contributed by atoms with van der Waals surface area (Å²) in [5, 5.41) is 9.70. The van der Waals surface area contributed by atoms with Crippen LogP contribution in [0.5, 0.6) is 0 Å². The lowest BCUT2D eigenvalue weighted by Gasteiger charge is -2.22. The summed E-state index contributed by atoms with van der Waals surface area (Å²) in [6.07, 6.45) is -5.64. The monoisotopic (exact) mass is 510 g/mol. The number of nitrogens with zero attached hydrogens (tertiary/aromatic N) is 2. The van der Waals surface area contributed by atoms with Gasteiger partial charge in [-0.05, 0) is 52.5 Å². The zero-order valence-corrected chi connectivity index (χ0v) is 20.9. The van der Waals surface area contributed by atoms with Crippen molar-refractivity contribution in [2.45, 2.75) is 89.8 Å². The molecule has 2 aromatic rings. The second kappa shape index (κ2) is 11.2. The van der Waals surface area contributed by atoms with Crippen LogP contribution in [0.15, 0.2) is 36.4 Å². The van der Waals surface area contributed by atoms with Gasteiger partial charge in [0.1, 0.15) is 18.5 Å². The first-order valence-corrected chi connectivity index (χ1v) is 11.9. The molecule has 1 aliphatic carbocycles. The van der Waals surface area contributed by atoms with Gasteiger partial charge < -0.3 is 14.8 Å². The van der Waals surface area contributed by atoms with Crippen LogP contribution in [0.1, 0.15) is 70.6 Å². The number of hydrogen-bond acceptors (Lipinski definition) is 5. The molecule has 2 amide bonds. The molecule has 0 saturated heterocycles. The molecule has 0 spiro atoms. The van der Waals surface area contributed by atoms with Crippen molar-refractivity contribution in [1.29, 1.82) is 0 Å². The fourth-order valence-electron chi connectivity index (χ4n) is 4.16. The van der Waals surface area contributed by atoms with E-state index < -0.39 is 42.5 Å². The molecule has 1 heterocycles. The van der Waals surface area contributed by atoms with Crippen molar-refractivity contribution < 1.29 is 32.2 Å². The standard InChI is InChI=1S/C25H33F3N4O4/c1-16(14-25(26,27)28)29-23(34)36-19-11-10-18(12-19)20-13-21(32(31-20)24(2,3)4)30-22(33)35-15-17-8-6-5-7-9-17/h5-9,13,16,18-19H,10-12,14-15H2,1-4H3,(H,29,34)(H,30,33)/t16?,18-,19+/m0/s1. The Balaban J connectivity index is 1.59. The first kappa shape index (κ1) is 27.3. The van der Waals surface area contributed by atoms with Gasteiger partial charge in [0.2, 0.25) is 0 Å². The number of ether oxygens (including phenoxy) is 2. The van der Waals surface area contributed by atoms with E-state index in [0.717, 1.165) is 11.3 Å². The van der Waals surface area contributed by atoms with Crippen molar-refractivity contribution in [3.05, 3.63) is 47.7 Å². The fraction of sp³-hybridized carbons (Fsp3) is 0.560. The molecule has 0 radical (unpaired) electrons. The number of aromatic nitrogens is 2. The van der Waals surface area contributed by atoms with E-state index in [9.17, 15) is 22.8 Å². The molecule has 0 bridgehead atoms. The third-order valence-electron chi connectivity index (χ3n) is 5.78. The lowest BCUT2D eigenvalue weighted by Crippen LogP contribution is -2.37. The molecule has 1 aliphatic rings. The summed E-state index contributed by atoms with van der Waals surface area (Å²) >= 11 is 0. The third kappa shape index (κ3) is 8.17. The molecule has 1 unspecified atom stereocenters. The van der Waals surface area contributed by atoms with Gasteiger partial charge in [-0.25, -0.2) is 14.3 Å². The first-order chi connectivity index (χ1) is 16.8. The number of hydrogen-bond donors (Lipinski definition) is 2. The summed E-state index contributed by atoms with van der Waals surface area (Å²) in [4.78, 5) is 24.5. The van der Waals surface area contributed by atoms with Crippen LogP contribution in [0.25, 0.3) is 0 Å². The maximum atomic E-state index is 12.5. The molecule has 1 aromatic carbocycles. The van der Waals surface area contributed by atoms with Gasteiger partial charge in [0.15, 0.2) is 0 Å². The predicted molar refractivity (Wildman–Crippen MR) is 128 cm³/mol. The Kier molecular flexibility index (Phi) is 8.52. The number of amides is 2. The van der Waals surface area contributed by atoms with E-state index in [1.807, 2.05) is 51.1 Å². The van der Waals surface area contributed by atoms with Gasteiger partial charge in [0, 0.05) is 18.0 Å². The maximum Gasteiger partial charge on any atom is 0.413 e. The maximum absolute atomic E-state index is 12.5. The number of alkyl halides is 3. The Morgan fingerprint density at radius 2 is 1.83 bits per heavy atom. The van der Waals surface area contributed by atoms with Crippen LogP contribution in [-0.2, 0) is 21.6 Å². The number of nitrogens with one attached hydrogen (secondary N) is 2. The molecule has 3 atom stereocenters. The number of carbonyl (C=O) groups excluding carboxylic acids is 2. The average molecular weight is 511 g/mol. The number of benzene rings is 1. The van der Waals surface area contributed by atoms with Gasteiger partial charge in [-0.3, -0.25) is 5.32 Å². The molecule has 1 fully saturated rings. The highest BCUT2D eigenvalue weighted by molar-refractivity contribution is 5.83. The number of rotatable bonds is 7. The second-order valence-electron chi connectivity index (χ2n) is 10.1. The molecule has 3 rings (SSSR count). The zero-order chi connectivity index (χ0) is 26.5. The molecular formula is C25H33F3N4O4. The van der Waals surface area contributed by atoms with E-state index in [4.69, 9.17) is 14.6 Å². The van der Waals surface area contributed by atoms with Crippen LogP contribution in [0, 0.1) is 0 Å². The first-order valence-electron chi connectivity index (χ1n) is 11.9. The molecule has 2 N–H and O–H groups in total. The fourth-order valence-corrected chi connectivity index (χ4v) is 4.16. The van der Waals surface area contributed by atoms with Gasteiger partial charge in [-0.1, -0.05) is 30.3 Å². The van der Waals surface area contributed by atoms with Gasteiger partial charge >= 0.3 is 18.4 Å². The Labute approximate surface area is 208 Å². The normalized spacial score (nSPS) is 19.0.